The van der Waals surface area contributed by atoms with Crippen LogP contribution in [0.2, 0.25) is 0 Å². The van der Waals surface area contributed by atoms with E-state index in [1.807, 2.05) is 24.3 Å². The minimum atomic E-state index is -0.827. The van der Waals surface area contributed by atoms with E-state index in [1.54, 1.807) is 25.0 Å². The van der Waals surface area contributed by atoms with Crippen molar-refractivity contribution in [1.82, 2.24) is 4.90 Å². The van der Waals surface area contributed by atoms with E-state index in [4.69, 9.17) is 9.15 Å². The maximum Gasteiger partial charge on any atom is 0.331 e. The largest absolute Gasteiger partial charge is 0.464 e. The Hall–Kier alpha value is -2.30. The molecule has 0 bridgehead atoms. The number of carbonyl (C=O) groups excluding carboxylic acids is 2. The lowest BCUT2D eigenvalue weighted by Crippen LogP contribution is -2.65. The van der Waals surface area contributed by atoms with Crippen molar-refractivity contribution in [1.29, 1.82) is 0 Å². The van der Waals surface area contributed by atoms with Gasteiger partial charge in [-0.15, -0.1) is 0 Å². The molecule has 3 rings (SSSR count). The van der Waals surface area contributed by atoms with Crippen molar-refractivity contribution in [2.75, 3.05) is 13.2 Å². The highest BCUT2D eigenvalue weighted by molar-refractivity contribution is 5.92. The highest BCUT2D eigenvalue weighted by Gasteiger charge is 2.50. The molecule has 1 aromatic heterocycles. The van der Waals surface area contributed by atoms with Gasteiger partial charge in [-0.25, -0.2) is 4.79 Å². The number of benzene rings is 1. The van der Waals surface area contributed by atoms with Gasteiger partial charge in [-0.1, -0.05) is 18.2 Å². The Morgan fingerprint density at radius 1 is 1.36 bits per heavy atom. The van der Waals surface area contributed by atoms with Crippen molar-refractivity contribution in [2.24, 2.45) is 0 Å². The van der Waals surface area contributed by atoms with Gasteiger partial charge in [0.05, 0.1) is 19.3 Å². The van der Waals surface area contributed by atoms with Crippen LogP contribution >= 0.6 is 0 Å². The lowest BCUT2D eigenvalue weighted by Gasteiger charge is -2.48. The number of ether oxygens (including phenoxy) is 1. The number of fused-ring (bicyclic) bond motifs is 1. The molecule has 1 saturated heterocycles. The molecule has 1 aliphatic heterocycles. The number of carbonyl (C=O) groups is 2. The van der Waals surface area contributed by atoms with Crippen molar-refractivity contribution in [3.05, 3.63) is 36.1 Å². The third kappa shape index (κ3) is 2.26. The number of furan rings is 1. The van der Waals surface area contributed by atoms with Crippen molar-refractivity contribution in [2.45, 2.75) is 32.2 Å². The fraction of sp³-hybridized carbons (Fsp3) is 0.412. The van der Waals surface area contributed by atoms with Crippen LogP contribution in [0.3, 0.4) is 0 Å². The van der Waals surface area contributed by atoms with Crippen molar-refractivity contribution >= 4 is 22.8 Å². The second kappa shape index (κ2) is 5.48. The summed E-state index contributed by atoms with van der Waals surface area (Å²) in [7, 11) is 0. The van der Waals surface area contributed by atoms with Crippen molar-refractivity contribution < 1.29 is 18.7 Å². The minimum absolute atomic E-state index is 0.0756. The van der Waals surface area contributed by atoms with Crippen LogP contribution in [-0.2, 0) is 20.7 Å². The standard InChI is InChI=1S/C17H19NO4/c1-3-21-16(20)17(2)8-9-18(17)15(19)10-12-11-22-14-7-5-4-6-13(12)14/h4-7,11H,3,8-10H2,1-2H3. The molecule has 5 nitrogen and oxygen atoms in total. The summed E-state index contributed by atoms with van der Waals surface area (Å²) in [4.78, 5) is 26.2. The minimum Gasteiger partial charge on any atom is -0.464 e. The van der Waals surface area contributed by atoms with Crippen LogP contribution in [-0.4, -0.2) is 35.5 Å². The molecule has 2 heterocycles. The number of likely N-dealkylation sites (tertiary alicyclic amines) is 1. The summed E-state index contributed by atoms with van der Waals surface area (Å²) >= 11 is 0. The van der Waals surface area contributed by atoms with Gasteiger partial charge < -0.3 is 14.1 Å². The average molecular weight is 301 g/mol. The molecule has 2 aromatic rings. The number of esters is 1. The van der Waals surface area contributed by atoms with E-state index in [9.17, 15) is 9.59 Å². The summed E-state index contributed by atoms with van der Waals surface area (Å²) in [5.74, 6) is -0.403. The van der Waals surface area contributed by atoms with E-state index in [2.05, 4.69) is 0 Å². The molecule has 22 heavy (non-hydrogen) atoms. The van der Waals surface area contributed by atoms with E-state index in [-0.39, 0.29) is 18.3 Å². The van der Waals surface area contributed by atoms with Crippen LogP contribution in [0, 0.1) is 0 Å². The van der Waals surface area contributed by atoms with E-state index < -0.39 is 5.54 Å². The predicted octanol–water partition coefficient (Wildman–Crippen LogP) is 2.53. The van der Waals surface area contributed by atoms with Crippen molar-refractivity contribution in [3.8, 4) is 0 Å². The molecular weight excluding hydrogens is 282 g/mol. The number of amides is 1. The first kappa shape index (κ1) is 14.6. The molecule has 1 aliphatic rings. The lowest BCUT2D eigenvalue weighted by atomic mass is 9.86. The van der Waals surface area contributed by atoms with Gasteiger partial charge in [0.2, 0.25) is 5.91 Å². The van der Waals surface area contributed by atoms with Gasteiger partial charge in [0.1, 0.15) is 11.1 Å². The second-order valence-corrected chi connectivity index (χ2v) is 5.72. The number of hydrogen-bond acceptors (Lipinski definition) is 4. The molecule has 116 valence electrons. The van der Waals surface area contributed by atoms with Crippen LogP contribution < -0.4 is 0 Å². The topological polar surface area (TPSA) is 59.8 Å². The monoisotopic (exact) mass is 301 g/mol. The zero-order valence-electron chi connectivity index (χ0n) is 12.8. The fourth-order valence-corrected chi connectivity index (χ4v) is 2.89. The summed E-state index contributed by atoms with van der Waals surface area (Å²) in [5, 5.41) is 0.939. The van der Waals surface area contributed by atoms with Gasteiger partial charge in [-0.3, -0.25) is 4.79 Å². The van der Waals surface area contributed by atoms with Gasteiger partial charge in [0.15, 0.2) is 0 Å². The molecule has 0 aliphatic carbocycles. The first-order valence-electron chi connectivity index (χ1n) is 7.49. The molecule has 5 heteroatoms. The second-order valence-electron chi connectivity index (χ2n) is 5.72. The maximum absolute atomic E-state index is 12.5. The molecule has 0 spiro atoms. The predicted molar refractivity (Wildman–Crippen MR) is 81.3 cm³/mol. The van der Waals surface area contributed by atoms with Gasteiger partial charge in [0, 0.05) is 17.5 Å². The molecular formula is C17H19NO4. The summed E-state index contributed by atoms with van der Waals surface area (Å²) < 4.78 is 10.5. The summed E-state index contributed by atoms with van der Waals surface area (Å²) in [6.07, 6.45) is 2.49. The van der Waals surface area contributed by atoms with Crippen LogP contribution in [0.4, 0.5) is 0 Å². The Labute approximate surface area is 128 Å². The Balaban J connectivity index is 1.76. The zero-order chi connectivity index (χ0) is 15.7. The molecule has 1 aromatic carbocycles. The van der Waals surface area contributed by atoms with Gasteiger partial charge in [0.25, 0.3) is 0 Å². The van der Waals surface area contributed by atoms with Gasteiger partial charge in [-0.2, -0.15) is 0 Å². The van der Waals surface area contributed by atoms with Crippen LogP contribution in [0.1, 0.15) is 25.8 Å². The fourth-order valence-electron chi connectivity index (χ4n) is 2.89. The lowest BCUT2D eigenvalue weighted by molar-refractivity contribution is -0.173. The van der Waals surface area contributed by atoms with Crippen LogP contribution in [0.5, 0.6) is 0 Å². The van der Waals surface area contributed by atoms with E-state index in [0.717, 1.165) is 16.5 Å². The maximum atomic E-state index is 12.5. The van der Waals surface area contributed by atoms with Crippen molar-refractivity contribution in [3.63, 3.8) is 0 Å². The highest BCUT2D eigenvalue weighted by atomic mass is 16.5. The summed E-state index contributed by atoms with van der Waals surface area (Å²) in [6.45, 7) is 4.44. The zero-order valence-corrected chi connectivity index (χ0v) is 12.8. The summed E-state index contributed by atoms with van der Waals surface area (Å²) in [6, 6.07) is 7.61. The van der Waals surface area contributed by atoms with E-state index >= 15 is 0 Å². The number of nitrogens with zero attached hydrogens (tertiary/aromatic N) is 1. The number of hydrogen-bond donors (Lipinski definition) is 0. The molecule has 0 N–H and O–H groups in total. The Morgan fingerprint density at radius 2 is 2.14 bits per heavy atom. The third-order valence-electron chi connectivity index (χ3n) is 4.34. The molecule has 0 saturated carbocycles. The van der Waals surface area contributed by atoms with E-state index in [0.29, 0.717) is 19.6 Å². The quantitative estimate of drug-likeness (QED) is 0.814. The van der Waals surface area contributed by atoms with Gasteiger partial charge in [-0.05, 0) is 26.3 Å². The van der Waals surface area contributed by atoms with Gasteiger partial charge >= 0.3 is 5.97 Å². The smallest absolute Gasteiger partial charge is 0.331 e. The molecule has 1 amide bonds. The molecule has 1 atom stereocenters. The molecule has 0 radical (unpaired) electrons. The third-order valence-corrected chi connectivity index (χ3v) is 4.34. The normalized spacial score (nSPS) is 20.7. The Kier molecular flexibility index (Phi) is 3.64. The molecule has 1 fully saturated rings. The Bertz CT molecular complexity index is 720. The van der Waals surface area contributed by atoms with Crippen LogP contribution in [0.15, 0.2) is 34.9 Å². The van der Waals surface area contributed by atoms with Crippen LogP contribution in [0.25, 0.3) is 11.0 Å². The number of para-hydroxylation sites is 1. The Morgan fingerprint density at radius 3 is 2.82 bits per heavy atom. The molecule has 1 unspecified atom stereocenters. The average Bonchev–Trinajstić information content (AvgIpc) is 2.89. The highest BCUT2D eigenvalue weighted by Crippen LogP contribution is 2.33. The first-order chi connectivity index (χ1) is 10.6. The number of rotatable bonds is 4. The first-order valence-corrected chi connectivity index (χ1v) is 7.49. The SMILES string of the molecule is CCOC(=O)C1(C)CCN1C(=O)Cc1coc2ccccc12. The van der Waals surface area contributed by atoms with E-state index in [1.165, 1.54) is 0 Å². The summed E-state index contributed by atoms with van der Waals surface area (Å²) in [5.41, 5.74) is 0.785.